The van der Waals surface area contributed by atoms with E-state index in [0.717, 1.165) is 6.54 Å². The minimum absolute atomic E-state index is 0.302. The summed E-state index contributed by atoms with van der Waals surface area (Å²) in [7, 11) is 2.25. The molecule has 0 aliphatic carbocycles. The lowest BCUT2D eigenvalue weighted by Crippen LogP contribution is -2.59. The van der Waals surface area contributed by atoms with Gasteiger partial charge in [0.2, 0.25) is 0 Å². The van der Waals surface area contributed by atoms with Crippen LogP contribution in [-0.4, -0.2) is 61.2 Å². The van der Waals surface area contributed by atoms with Crippen molar-refractivity contribution in [1.82, 2.24) is 15.1 Å². The molecular formula is C17H37N3. The van der Waals surface area contributed by atoms with Gasteiger partial charge >= 0.3 is 0 Å². The summed E-state index contributed by atoms with van der Waals surface area (Å²) in [5, 5.41) is 3.65. The topological polar surface area (TPSA) is 18.5 Å². The number of rotatable bonds is 7. The number of piperazine rings is 1. The van der Waals surface area contributed by atoms with Crippen LogP contribution in [-0.2, 0) is 0 Å². The molecule has 0 saturated carbocycles. The molecule has 1 unspecified atom stereocenters. The van der Waals surface area contributed by atoms with Crippen LogP contribution in [0.3, 0.4) is 0 Å². The zero-order valence-corrected chi connectivity index (χ0v) is 14.9. The summed E-state index contributed by atoms with van der Waals surface area (Å²) >= 11 is 0. The van der Waals surface area contributed by atoms with Gasteiger partial charge in [0.1, 0.15) is 0 Å². The van der Waals surface area contributed by atoms with E-state index in [2.05, 4.69) is 63.7 Å². The molecular weight excluding hydrogens is 246 g/mol. The van der Waals surface area contributed by atoms with Crippen LogP contribution in [0, 0.1) is 5.41 Å². The molecule has 1 aliphatic heterocycles. The summed E-state index contributed by atoms with van der Waals surface area (Å²) in [5.41, 5.74) is 0.696. The average molecular weight is 284 g/mol. The summed E-state index contributed by atoms with van der Waals surface area (Å²) in [6.07, 6.45) is 2.58. The maximum Gasteiger partial charge on any atom is 0.0277 e. The van der Waals surface area contributed by atoms with Gasteiger partial charge in [-0.1, -0.05) is 34.1 Å². The summed E-state index contributed by atoms with van der Waals surface area (Å²) in [4.78, 5) is 5.17. The number of hydrogen-bond donors (Lipinski definition) is 1. The van der Waals surface area contributed by atoms with Gasteiger partial charge in [0.05, 0.1) is 0 Å². The Labute approximate surface area is 127 Å². The van der Waals surface area contributed by atoms with Crippen molar-refractivity contribution in [3.8, 4) is 0 Å². The van der Waals surface area contributed by atoms with Crippen LogP contribution in [0.15, 0.2) is 0 Å². The molecule has 1 atom stereocenters. The first kappa shape index (κ1) is 17.9. The zero-order valence-electron chi connectivity index (χ0n) is 14.9. The van der Waals surface area contributed by atoms with Crippen molar-refractivity contribution in [2.75, 3.05) is 39.8 Å². The first-order valence-corrected chi connectivity index (χ1v) is 8.35. The van der Waals surface area contributed by atoms with Crippen molar-refractivity contribution in [2.24, 2.45) is 5.41 Å². The van der Waals surface area contributed by atoms with E-state index in [4.69, 9.17) is 0 Å². The van der Waals surface area contributed by atoms with E-state index in [0.29, 0.717) is 17.0 Å². The molecule has 20 heavy (non-hydrogen) atoms. The molecule has 0 bridgehead atoms. The Kier molecular flexibility index (Phi) is 6.49. The molecule has 120 valence electrons. The normalized spacial score (nSPS) is 24.0. The van der Waals surface area contributed by atoms with E-state index in [9.17, 15) is 0 Å². The van der Waals surface area contributed by atoms with E-state index < -0.39 is 0 Å². The average Bonchev–Trinajstić information content (AvgIpc) is 2.31. The second kappa shape index (κ2) is 7.24. The Bertz CT molecular complexity index is 288. The third-order valence-electron chi connectivity index (χ3n) is 4.79. The number of likely N-dealkylation sites (N-methyl/N-ethyl adjacent to an activating group) is 1. The van der Waals surface area contributed by atoms with Gasteiger partial charge < -0.3 is 5.32 Å². The minimum Gasteiger partial charge on any atom is -0.314 e. The van der Waals surface area contributed by atoms with Gasteiger partial charge in [-0.05, 0) is 32.7 Å². The first-order valence-electron chi connectivity index (χ1n) is 8.35. The van der Waals surface area contributed by atoms with Gasteiger partial charge in [-0.25, -0.2) is 0 Å². The molecule has 3 nitrogen and oxygen atoms in total. The molecule has 1 saturated heterocycles. The molecule has 0 aromatic carbocycles. The summed E-state index contributed by atoms with van der Waals surface area (Å²) in [5.74, 6) is 0. The standard InChI is InChI=1S/C17H37N3/c1-8-9-17(6,12-18-15(2)3)14-20-11-10-19(7)16(4,5)13-20/h15,18H,8-14H2,1-7H3. The Morgan fingerprint density at radius 3 is 2.40 bits per heavy atom. The highest BCUT2D eigenvalue weighted by molar-refractivity contribution is 4.91. The number of nitrogens with one attached hydrogen (secondary N) is 1. The smallest absolute Gasteiger partial charge is 0.0277 e. The molecule has 1 rings (SSSR count). The van der Waals surface area contributed by atoms with Crippen molar-refractivity contribution >= 4 is 0 Å². The second-order valence-electron chi connectivity index (χ2n) is 8.04. The summed E-state index contributed by atoms with van der Waals surface area (Å²) in [6, 6.07) is 0.579. The lowest BCUT2D eigenvalue weighted by atomic mass is 9.83. The predicted octanol–water partition coefficient (Wildman–Crippen LogP) is 2.82. The van der Waals surface area contributed by atoms with Crippen LogP contribution in [0.5, 0.6) is 0 Å². The maximum atomic E-state index is 3.65. The van der Waals surface area contributed by atoms with Crippen LogP contribution >= 0.6 is 0 Å². The fourth-order valence-corrected chi connectivity index (χ4v) is 3.29. The molecule has 3 heteroatoms. The molecule has 1 aliphatic rings. The van der Waals surface area contributed by atoms with Crippen molar-refractivity contribution in [2.45, 2.75) is 66.0 Å². The van der Waals surface area contributed by atoms with Crippen molar-refractivity contribution in [3.63, 3.8) is 0 Å². The largest absolute Gasteiger partial charge is 0.314 e. The van der Waals surface area contributed by atoms with E-state index in [-0.39, 0.29) is 0 Å². The molecule has 0 amide bonds. The van der Waals surface area contributed by atoms with Crippen molar-refractivity contribution in [3.05, 3.63) is 0 Å². The van der Waals surface area contributed by atoms with Crippen LogP contribution in [0.4, 0.5) is 0 Å². The third-order valence-corrected chi connectivity index (χ3v) is 4.79. The van der Waals surface area contributed by atoms with E-state index in [1.165, 1.54) is 39.0 Å². The van der Waals surface area contributed by atoms with E-state index >= 15 is 0 Å². The Balaban J connectivity index is 2.61. The monoisotopic (exact) mass is 283 g/mol. The van der Waals surface area contributed by atoms with Crippen LogP contribution < -0.4 is 5.32 Å². The number of hydrogen-bond acceptors (Lipinski definition) is 3. The predicted molar refractivity (Wildman–Crippen MR) is 89.3 cm³/mol. The molecule has 1 fully saturated rings. The minimum atomic E-state index is 0.302. The first-order chi connectivity index (χ1) is 9.18. The fourth-order valence-electron chi connectivity index (χ4n) is 3.29. The van der Waals surface area contributed by atoms with Gasteiger partial charge in [0.25, 0.3) is 0 Å². The van der Waals surface area contributed by atoms with Crippen LogP contribution in [0.1, 0.15) is 54.4 Å². The summed E-state index contributed by atoms with van der Waals surface area (Å²) < 4.78 is 0. The fraction of sp³-hybridized carbons (Fsp3) is 1.00. The van der Waals surface area contributed by atoms with Gasteiger partial charge in [-0.3, -0.25) is 9.80 Å². The van der Waals surface area contributed by atoms with Gasteiger partial charge in [-0.15, -0.1) is 0 Å². The van der Waals surface area contributed by atoms with Gasteiger partial charge in [0, 0.05) is 44.3 Å². The van der Waals surface area contributed by atoms with Crippen LogP contribution in [0.25, 0.3) is 0 Å². The number of nitrogens with zero attached hydrogens (tertiary/aromatic N) is 2. The molecule has 0 radical (unpaired) electrons. The van der Waals surface area contributed by atoms with Crippen LogP contribution in [0.2, 0.25) is 0 Å². The highest BCUT2D eigenvalue weighted by Crippen LogP contribution is 2.27. The van der Waals surface area contributed by atoms with Crippen molar-refractivity contribution in [1.29, 1.82) is 0 Å². The van der Waals surface area contributed by atoms with Crippen molar-refractivity contribution < 1.29 is 0 Å². The molecule has 0 aromatic rings. The SMILES string of the molecule is CCCC(C)(CNC(C)C)CN1CCN(C)C(C)(C)C1. The quantitative estimate of drug-likeness (QED) is 0.775. The molecule has 1 heterocycles. The maximum absolute atomic E-state index is 3.65. The van der Waals surface area contributed by atoms with E-state index in [1.807, 2.05) is 0 Å². The Morgan fingerprint density at radius 1 is 1.25 bits per heavy atom. The third kappa shape index (κ3) is 5.34. The van der Waals surface area contributed by atoms with E-state index in [1.54, 1.807) is 0 Å². The zero-order chi connectivity index (χ0) is 15.4. The lowest BCUT2D eigenvalue weighted by Gasteiger charge is -2.48. The Morgan fingerprint density at radius 2 is 1.90 bits per heavy atom. The summed E-state index contributed by atoms with van der Waals surface area (Å²) in [6.45, 7) is 19.9. The molecule has 0 spiro atoms. The molecule has 0 aromatic heterocycles. The Hall–Kier alpha value is -0.120. The lowest BCUT2D eigenvalue weighted by molar-refractivity contribution is 0.0167. The highest BCUT2D eigenvalue weighted by atomic mass is 15.3. The highest BCUT2D eigenvalue weighted by Gasteiger charge is 2.34. The second-order valence-corrected chi connectivity index (χ2v) is 8.04. The van der Waals surface area contributed by atoms with Gasteiger partial charge in [0.15, 0.2) is 0 Å². The molecule has 1 N–H and O–H groups in total. The van der Waals surface area contributed by atoms with Gasteiger partial charge in [-0.2, -0.15) is 0 Å².